The summed E-state index contributed by atoms with van der Waals surface area (Å²) in [7, 11) is 4.18. The van der Waals surface area contributed by atoms with Gasteiger partial charge in [0.15, 0.2) is 29.1 Å². The fraction of sp³-hybridized carbons (Fsp3) is 0.438. The zero-order chi connectivity index (χ0) is 31.8. The highest BCUT2D eigenvalue weighted by Crippen LogP contribution is 2.61. The summed E-state index contributed by atoms with van der Waals surface area (Å²) in [5.74, 6) is -1.77. The molecule has 0 bridgehead atoms. The van der Waals surface area contributed by atoms with Crippen molar-refractivity contribution in [1.29, 1.82) is 0 Å². The lowest BCUT2D eigenvalue weighted by atomic mass is 9.71. The summed E-state index contributed by atoms with van der Waals surface area (Å²) >= 11 is 0. The largest absolute Gasteiger partial charge is 0.504 e. The molecular formula is C32H38O11. The van der Waals surface area contributed by atoms with E-state index in [0.717, 1.165) is 0 Å². The Balaban J connectivity index is 2.21. The molecule has 1 heterocycles. The SMILES string of the molecule is C/C=C(/C)C(=O)OC1c2cc(OC)c(OC)c(O)c2-c2c(cc3c(c2OC)OCO3)[C@H](OC(=O)/C(C)=C\C)[C@H](C)[C@]1(C)O. The summed E-state index contributed by atoms with van der Waals surface area (Å²) in [5, 5.41) is 24.2. The van der Waals surface area contributed by atoms with E-state index in [9.17, 15) is 19.8 Å². The van der Waals surface area contributed by atoms with Crippen molar-refractivity contribution in [2.24, 2.45) is 5.92 Å². The fourth-order valence-electron chi connectivity index (χ4n) is 5.29. The topological polar surface area (TPSA) is 139 Å². The summed E-state index contributed by atoms with van der Waals surface area (Å²) in [5.41, 5.74) is -0.353. The van der Waals surface area contributed by atoms with Crippen LogP contribution in [0.4, 0.5) is 0 Å². The maximum absolute atomic E-state index is 13.2. The molecule has 2 N–H and O–H groups in total. The molecule has 232 valence electrons. The van der Waals surface area contributed by atoms with Gasteiger partial charge < -0.3 is 43.4 Å². The van der Waals surface area contributed by atoms with Crippen LogP contribution in [-0.2, 0) is 19.1 Å². The number of phenols is 1. The highest BCUT2D eigenvalue weighted by molar-refractivity contribution is 5.92. The molecule has 0 spiro atoms. The second-order valence-electron chi connectivity index (χ2n) is 10.6. The van der Waals surface area contributed by atoms with Gasteiger partial charge in [-0.05, 0) is 46.8 Å². The molecule has 1 aliphatic carbocycles. The van der Waals surface area contributed by atoms with Crippen molar-refractivity contribution in [2.45, 2.75) is 59.4 Å². The van der Waals surface area contributed by atoms with Crippen LogP contribution in [-0.4, -0.2) is 55.9 Å². The minimum atomic E-state index is -1.89. The maximum atomic E-state index is 13.2. The Kier molecular flexibility index (Phi) is 8.87. The van der Waals surface area contributed by atoms with Gasteiger partial charge in [-0.3, -0.25) is 0 Å². The predicted octanol–water partition coefficient (Wildman–Crippen LogP) is 5.32. The highest BCUT2D eigenvalue weighted by atomic mass is 16.7. The second kappa shape index (κ2) is 12.1. The number of esters is 2. The molecule has 2 aromatic carbocycles. The Morgan fingerprint density at radius 1 is 0.907 bits per heavy atom. The van der Waals surface area contributed by atoms with Crippen LogP contribution >= 0.6 is 0 Å². The maximum Gasteiger partial charge on any atom is 0.334 e. The molecule has 2 aromatic rings. The monoisotopic (exact) mass is 598 g/mol. The van der Waals surface area contributed by atoms with E-state index < -0.39 is 35.7 Å². The molecule has 0 aromatic heterocycles. The quantitative estimate of drug-likeness (QED) is 0.316. The van der Waals surface area contributed by atoms with Crippen molar-refractivity contribution in [3.63, 3.8) is 0 Å². The molecule has 2 aliphatic rings. The molecule has 0 amide bonds. The lowest BCUT2D eigenvalue weighted by Crippen LogP contribution is -2.46. The summed E-state index contributed by atoms with van der Waals surface area (Å²) in [6.07, 6.45) is 0.635. The average Bonchev–Trinajstić information content (AvgIpc) is 3.47. The number of rotatable bonds is 7. The molecule has 43 heavy (non-hydrogen) atoms. The van der Waals surface area contributed by atoms with Crippen LogP contribution in [0.15, 0.2) is 35.4 Å². The van der Waals surface area contributed by atoms with E-state index >= 15 is 0 Å². The standard InChI is InChI=1S/C32H38O11/c1-10-15(3)30(34)42-25-17(5)32(6,36)29(43-31(35)16(4)11-2)19-13-20(37-7)26(38-8)24(33)22(19)23-18(25)12-21-27(28(23)39-9)41-14-40-21/h10-13,17,25,29,33,36H,14H2,1-9H3/b15-10-,16-11-/t17-,25+,29?,32-/m0/s1. The van der Waals surface area contributed by atoms with E-state index in [1.807, 2.05) is 0 Å². The first kappa shape index (κ1) is 31.6. The van der Waals surface area contributed by atoms with Crippen LogP contribution in [0.1, 0.15) is 64.9 Å². The first-order valence-electron chi connectivity index (χ1n) is 13.8. The first-order valence-corrected chi connectivity index (χ1v) is 13.8. The van der Waals surface area contributed by atoms with Crippen LogP contribution in [0.5, 0.6) is 34.5 Å². The Bertz CT molecular complexity index is 1500. The van der Waals surface area contributed by atoms with E-state index in [-0.39, 0.29) is 52.2 Å². The van der Waals surface area contributed by atoms with E-state index in [0.29, 0.717) is 22.5 Å². The number of aliphatic hydroxyl groups is 1. The minimum Gasteiger partial charge on any atom is -0.504 e. The number of hydrogen-bond acceptors (Lipinski definition) is 11. The molecule has 1 aliphatic heterocycles. The third-order valence-electron chi connectivity index (χ3n) is 8.24. The molecular weight excluding hydrogens is 560 g/mol. The van der Waals surface area contributed by atoms with Gasteiger partial charge in [-0.1, -0.05) is 19.1 Å². The number of aromatic hydroxyl groups is 1. The summed E-state index contributed by atoms with van der Waals surface area (Å²) in [6, 6.07) is 3.16. The Morgan fingerprint density at radius 2 is 1.51 bits per heavy atom. The molecule has 4 rings (SSSR count). The van der Waals surface area contributed by atoms with E-state index in [1.54, 1.807) is 52.8 Å². The van der Waals surface area contributed by atoms with E-state index in [1.165, 1.54) is 34.3 Å². The molecule has 11 nitrogen and oxygen atoms in total. The second-order valence-corrected chi connectivity index (χ2v) is 10.6. The number of hydrogen-bond donors (Lipinski definition) is 2. The number of carbonyl (C=O) groups excluding carboxylic acids is 2. The molecule has 0 saturated heterocycles. The van der Waals surface area contributed by atoms with Gasteiger partial charge in [0, 0.05) is 39.3 Å². The number of phenolic OH excluding ortho intramolecular Hbond substituents is 1. The number of methoxy groups -OCH3 is 3. The van der Waals surface area contributed by atoms with Gasteiger partial charge in [-0.2, -0.15) is 0 Å². The minimum absolute atomic E-state index is 0.0202. The highest BCUT2D eigenvalue weighted by Gasteiger charge is 2.51. The van der Waals surface area contributed by atoms with Gasteiger partial charge in [0.2, 0.25) is 18.3 Å². The predicted molar refractivity (Wildman–Crippen MR) is 156 cm³/mol. The van der Waals surface area contributed by atoms with Crippen molar-refractivity contribution in [3.05, 3.63) is 46.6 Å². The lowest BCUT2D eigenvalue weighted by molar-refractivity contribution is -0.181. The molecule has 0 fully saturated rings. The number of benzene rings is 2. The van der Waals surface area contributed by atoms with Gasteiger partial charge >= 0.3 is 11.9 Å². The lowest BCUT2D eigenvalue weighted by Gasteiger charge is -2.43. The van der Waals surface area contributed by atoms with Gasteiger partial charge in [-0.15, -0.1) is 0 Å². The summed E-state index contributed by atoms with van der Waals surface area (Å²) < 4.78 is 40.5. The van der Waals surface area contributed by atoms with Crippen LogP contribution in [0, 0.1) is 5.92 Å². The number of fused-ring (bicyclic) bond motifs is 4. The van der Waals surface area contributed by atoms with Crippen LogP contribution in [0.25, 0.3) is 11.1 Å². The Morgan fingerprint density at radius 3 is 2.07 bits per heavy atom. The van der Waals surface area contributed by atoms with Gasteiger partial charge in [0.05, 0.1) is 21.3 Å². The van der Waals surface area contributed by atoms with Crippen LogP contribution in [0.3, 0.4) is 0 Å². The third-order valence-corrected chi connectivity index (χ3v) is 8.24. The zero-order valence-electron chi connectivity index (χ0n) is 25.8. The smallest absolute Gasteiger partial charge is 0.334 e. The van der Waals surface area contributed by atoms with E-state index in [2.05, 4.69) is 0 Å². The van der Waals surface area contributed by atoms with Gasteiger partial charge in [0.1, 0.15) is 11.7 Å². The third kappa shape index (κ3) is 5.22. The Hall–Kier alpha value is -4.38. The van der Waals surface area contributed by atoms with Crippen LogP contribution in [0.2, 0.25) is 0 Å². The van der Waals surface area contributed by atoms with Crippen molar-refractivity contribution >= 4 is 11.9 Å². The number of carbonyl (C=O) groups is 2. The zero-order valence-corrected chi connectivity index (χ0v) is 25.8. The fourth-order valence-corrected chi connectivity index (χ4v) is 5.29. The molecule has 0 radical (unpaired) electrons. The van der Waals surface area contributed by atoms with Crippen molar-refractivity contribution in [1.82, 2.24) is 0 Å². The van der Waals surface area contributed by atoms with Crippen molar-refractivity contribution in [3.8, 4) is 45.6 Å². The van der Waals surface area contributed by atoms with Crippen LogP contribution < -0.4 is 23.7 Å². The molecule has 4 atom stereocenters. The average molecular weight is 599 g/mol. The van der Waals surface area contributed by atoms with E-state index in [4.69, 9.17) is 33.2 Å². The Labute approximate surface area is 250 Å². The number of ether oxygens (including phenoxy) is 7. The molecule has 0 saturated carbocycles. The van der Waals surface area contributed by atoms with Crippen molar-refractivity contribution in [2.75, 3.05) is 28.1 Å². The first-order chi connectivity index (χ1) is 20.4. The molecule has 11 heteroatoms. The van der Waals surface area contributed by atoms with Gasteiger partial charge in [0.25, 0.3) is 0 Å². The normalized spacial score (nSPS) is 22.9. The molecule has 1 unspecified atom stereocenters. The summed E-state index contributed by atoms with van der Waals surface area (Å²) in [6.45, 7) is 9.65. The van der Waals surface area contributed by atoms with Crippen molar-refractivity contribution < 1.29 is 53.0 Å². The van der Waals surface area contributed by atoms with Gasteiger partial charge in [-0.25, -0.2) is 9.59 Å². The number of allylic oxidation sites excluding steroid dienone is 2. The summed E-state index contributed by atoms with van der Waals surface area (Å²) in [4.78, 5) is 26.5.